The molecule has 484 valence electrons. The second-order valence-corrected chi connectivity index (χ2v) is 25.0. The van der Waals surface area contributed by atoms with Crippen molar-refractivity contribution in [2.24, 2.45) is 32.7 Å². The Morgan fingerprint density at radius 3 is 1.17 bits per heavy atom. The summed E-state index contributed by atoms with van der Waals surface area (Å²) in [5.74, 6) is 9.62. The molecule has 8 aromatic rings. The average Bonchev–Trinajstić information content (AvgIpc) is 4.34. The topological polar surface area (TPSA) is 224 Å². The Bertz CT molecular complexity index is 2430. The summed E-state index contributed by atoms with van der Waals surface area (Å²) in [6, 6.07) is 8.23. The van der Waals surface area contributed by atoms with Crippen molar-refractivity contribution in [2.75, 3.05) is 19.6 Å². The van der Waals surface area contributed by atoms with E-state index in [2.05, 4.69) is 202 Å². The Kier molecular flexibility index (Phi) is 41.8. The zero-order valence-corrected chi connectivity index (χ0v) is 58.5. The van der Waals surface area contributed by atoms with Gasteiger partial charge in [-0.2, -0.15) is 4.98 Å². The van der Waals surface area contributed by atoms with Crippen LogP contribution in [0.1, 0.15) is 239 Å². The van der Waals surface area contributed by atoms with Gasteiger partial charge >= 0.3 is 0 Å². The summed E-state index contributed by atoms with van der Waals surface area (Å²) in [4.78, 5) is 28.4. The van der Waals surface area contributed by atoms with E-state index in [4.69, 9.17) is 22.2 Å². The molecule has 0 aromatic carbocycles. The first kappa shape index (κ1) is 78.7. The van der Waals surface area contributed by atoms with Crippen LogP contribution >= 0.6 is 22.7 Å². The summed E-state index contributed by atoms with van der Waals surface area (Å²) in [6.07, 6.45) is 29.2. The molecule has 18 nitrogen and oxygen atoms in total. The van der Waals surface area contributed by atoms with E-state index in [9.17, 15) is 0 Å². The fourth-order valence-electron chi connectivity index (χ4n) is 6.43. The van der Waals surface area contributed by atoms with E-state index in [-0.39, 0.29) is 0 Å². The van der Waals surface area contributed by atoms with Gasteiger partial charge in [0.2, 0.25) is 5.89 Å². The molecular weight excluding hydrogens is 1140 g/mol. The first-order chi connectivity index (χ1) is 41.8. The minimum atomic E-state index is 0.345. The summed E-state index contributed by atoms with van der Waals surface area (Å²) in [5.41, 5.74) is 5.62. The van der Waals surface area contributed by atoms with Crippen molar-refractivity contribution in [3.05, 3.63) is 173 Å². The second kappa shape index (κ2) is 46.8. The van der Waals surface area contributed by atoms with Crippen LogP contribution in [-0.2, 0) is 0 Å². The van der Waals surface area contributed by atoms with Crippen LogP contribution in [0, 0.1) is 17.8 Å². The highest BCUT2D eigenvalue weighted by Gasteiger charge is 2.07. The number of oxazole rings is 2. The summed E-state index contributed by atoms with van der Waals surface area (Å²) in [7, 11) is 0. The minimum Gasteiger partial charge on any atom is -0.469 e. The van der Waals surface area contributed by atoms with E-state index in [1.165, 1.54) is 28.3 Å². The van der Waals surface area contributed by atoms with Crippen molar-refractivity contribution in [1.29, 1.82) is 0 Å². The number of allylic oxidation sites excluding steroid dienone is 3. The Hall–Kier alpha value is -7.32. The van der Waals surface area contributed by atoms with Crippen molar-refractivity contribution < 1.29 is 22.2 Å². The Balaban J connectivity index is 0.000000484. The van der Waals surface area contributed by atoms with Crippen molar-refractivity contribution >= 4 is 40.3 Å². The molecule has 0 amide bonds. The number of thiazole rings is 1. The molecule has 0 aliphatic carbocycles. The maximum absolute atomic E-state index is 5.09. The number of aliphatic imine (C=N–C) groups is 3. The molecule has 20 heteroatoms. The molecule has 0 fully saturated rings. The highest BCUT2D eigenvalue weighted by molar-refractivity contribution is 7.09. The average molecular weight is 1250 g/mol. The summed E-state index contributed by atoms with van der Waals surface area (Å²) in [6.45, 7) is 49.0. The first-order valence-electron chi connectivity index (χ1n) is 30.6. The van der Waals surface area contributed by atoms with Crippen LogP contribution in [0.3, 0.4) is 0 Å². The SMILES string of the molecule is CC(C)C1=CCN=C1.CC(C)C1=NCC=C1.CC(C)C1=NCC=C1.CC(C)c1ccco1.CC(C)c1ccco1.CC(C)c1ncco1.CC(C)c1ncco1.CC(C)c1nccs1.CC(C)c1ncno1.CC(C)c1nncs1.CC(C)n1ccnn1. The smallest absolute Gasteiger partial charge is 0.228 e. The molecule has 11 heterocycles. The molecule has 0 saturated carbocycles. The van der Waals surface area contributed by atoms with Crippen LogP contribution in [0.15, 0.2) is 171 Å². The van der Waals surface area contributed by atoms with Crippen LogP contribution in [-0.4, -0.2) is 87.6 Å². The van der Waals surface area contributed by atoms with E-state index < -0.39 is 0 Å². The Morgan fingerprint density at radius 2 is 0.989 bits per heavy atom. The Labute approximate surface area is 534 Å². The lowest BCUT2D eigenvalue weighted by molar-refractivity contribution is 0.364. The van der Waals surface area contributed by atoms with Gasteiger partial charge in [-0.25, -0.2) is 15.0 Å². The lowest BCUT2D eigenvalue weighted by Gasteiger charge is -2.00. The molecule has 0 bridgehead atoms. The number of hydrogen-bond donors (Lipinski definition) is 0. The molecule has 0 spiro atoms. The predicted molar refractivity (Wildman–Crippen MR) is 365 cm³/mol. The third kappa shape index (κ3) is 36.7. The standard InChI is InChI=1S/3C7H11N.2C7H10O.2C6H9NO.C6H9NS.C5H9N3.C5H8N2O.C5H8N2S/c1-6(2)7-3-4-8-5-7;4*1-6(2)7-4-3-5-8-7;3*1-5(2)6-7-3-4-8-6;1-5(2)8-4-3-6-7-8;1-4(2)5-6-3-7-8-5;1-4(2)5-7-6-3-8-5/h3,5-6H,4H2,1-2H3;2*3-4,6H,5H2,1-2H3;2*3-6H,1-2H3;4*3-5H,1-2H3;2*3-4H,1-2H3. The molecule has 0 N–H and O–H groups in total. The lowest BCUT2D eigenvalue weighted by atomic mass is 10.1. The molecule has 3 aliphatic heterocycles. The molecule has 3 aliphatic rings. The van der Waals surface area contributed by atoms with Gasteiger partial charge in [0.05, 0.1) is 55.8 Å². The van der Waals surface area contributed by atoms with Gasteiger partial charge in [-0.05, 0) is 73.6 Å². The van der Waals surface area contributed by atoms with E-state index >= 15 is 0 Å². The van der Waals surface area contributed by atoms with Gasteiger partial charge in [-0.15, -0.1) is 38.0 Å². The molecule has 0 saturated heterocycles. The number of rotatable bonds is 11. The summed E-state index contributed by atoms with van der Waals surface area (Å²) >= 11 is 3.33. The van der Waals surface area contributed by atoms with Crippen molar-refractivity contribution in [3.8, 4) is 0 Å². The van der Waals surface area contributed by atoms with Crippen LogP contribution < -0.4 is 0 Å². The normalized spacial score (nSPS) is 12.4. The van der Waals surface area contributed by atoms with Crippen molar-refractivity contribution in [3.63, 3.8) is 0 Å². The summed E-state index contributed by atoms with van der Waals surface area (Å²) in [5, 5.41) is 22.8. The largest absolute Gasteiger partial charge is 0.469 e. The highest BCUT2D eigenvalue weighted by atomic mass is 32.1. The van der Waals surface area contributed by atoms with E-state index in [1.807, 2.05) is 89.8 Å². The molecular formula is C68H105N13O5S2. The van der Waals surface area contributed by atoms with Gasteiger partial charge in [0.25, 0.3) is 0 Å². The van der Waals surface area contributed by atoms with Crippen LogP contribution in [0.4, 0.5) is 0 Å². The van der Waals surface area contributed by atoms with Gasteiger partial charge in [-0.1, -0.05) is 167 Å². The predicted octanol–water partition coefficient (Wildman–Crippen LogP) is 19.3. The van der Waals surface area contributed by atoms with Gasteiger partial charge < -0.3 is 22.2 Å². The van der Waals surface area contributed by atoms with Crippen molar-refractivity contribution in [2.45, 2.75) is 200 Å². The van der Waals surface area contributed by atoms with Gasteiger partial charge in [0, 0.05) is 82.9 Å². The van der Waals surface area contributed by atoms with Crippen LogP contribution in [0.25, 0.3) is 0 Å². The number of hydrogen-bond acceptors (Lipinski definition) is 19. The van der Waals surface area contributed by atoms with Crippen molar-refractivity contribution in [1.82, 2.24) is 50.3 Å². The second-order valence-electron chi connectivity index (χ2n) is 23.3. The zero-order chi connectivity index (χ0) is 65.8. The molecule has 8 aromatic heterocycles. The zero-order valence-electron chi connectivity index (χ0n) is 56.8. The lowest BCUT2D eigenvalue weighted by Crippen LogP contribution is -2.00. The molecule has 0 radical (unpaired) electrons. The monoisotopic (exact) mass is 1250 g/mol. The molecule has 11 rings (SSSR count). The quantitative estimate of drug-likeness (QED) is 0.117. The number of aromatic nitrogens is 10. The summed E-state index contributed by atoms with van der Waals surface area (Å²) < 4.78 is 26.7. The maximum atomic E-state index is 5.09. The number of furan rings is 2. The molecule has 88 heavy (non-hydrogen) atoms. The van der Waals surface area contributed by atoms with Gasteiger partial charge in [0.15, 0.2) is 18.1 Å². The van der Waals surface area contributed by atoms with Gasteiger partial charge in [-0.3, -0.25) is 19.7 Å². The molecule has 0 atom stereocenters. The van der Waals surface area contributed by atoms with E-state index in [0.29, 0.717) is 71.1 Å². The first-order valence-corrected chi connectivity index (χ1v) is 32.4. The third-order valence-corrected chi connectivity index (χ3v) is 13.7. The Morgan fingerprint density at radius 1 is 0.466 bits per heavy atom. The van der Waals surface area contributed by atoms with Crippen LogP contribution in [0.5, 0.6) is 0 Å². The maximum Gasteiger partial charge on any atom is 0.228 e. The van der Waals surface area contributed by atoms with E-state index in [0.717, 1.165) is 47.9 Å². The number of nitrogens with zero attached hydrogens (tertiary/aromatic N) is 13. The van der Waals surface area contributed by atoms with E-state index in [1.54, 1.807) is 76.5 Å². The third-order valence-electron chi connectivity index (χ3n) is 11.6. The fourth-order valence-corrected chi connectivity index (χ4v) is 7.66. The highest BCUT2D eigenvalue weighted by Crippen LogP contribution is 2.17. The van der Waals surface area contributed by atoms with Crippen LogP contribution in [0.2, 0.25) is 0 Å². The van der Waals surface area contributed by atoms with Gasteiger partial charge in [0.1, 0.15) is 34.6 Å². The minimum absolute atomic E-state index is 0.345. The fraction of sp³-hybridized carbons (Fsp3) is 0.529. The molecule has 0 unspecified atom stereocenters.